The number of nitriles is 1. The van der Waals surface area contributed by atoms with Crippen molar-refractivity contribution < 1.29 is 14.0 Å². The Morgan fingerprint density at radius 3 is 2.78 bits per heavy atom. The van der Waals surface area contributed by atoms with Crippen LogP contribution in [0.25, 0.3) is 0 Å². The fourth-order valence-corrected chi connectivity index (χ4v) is 3.13. The van der Waals surface area contributed by atoms with E-state index < -0.39 is 0 Å². The fourth-order valence-electron chi connectivity index (χ4n) is 3.13. The Kier molecular flexibility index (Phi) is 4.19. The number of nitrogens with one attached hydrogen (secondary N) is 1. The summed E-state index contributed by atoms with van der Waals surface area (Å²) in [5.74, 6) is -0.233. The summed E-state index contributed by atoms with van der Waals surface area (Å²) < 4.78 is 5.21. The van der Waals surface area contributed by atoms with Gasteiger partial charge in [0.2, 0.25) is 0 Å². The second kappa shape index (κ2) is 6.81. The number of hydrogen-bond acceptors (Lipinski definition) is 4. The zero-order chi connectivity index (χ0) is 18.8. The topological polar surface area (TPSA) is 86.3 Å². The number of nitrogens with zero attached hydrogens (tertiary/aromatic N) is 2. The van der Waals surface area contributed by atoms with Gasteiger partial charge >= 0.3 is 0 Å². The minimum absolute atomic E-state index is 0.205. The Morgan fingerprint density at radius 1 is 1.11 bits per heavy atom. The minimum atomic E-state index is -0.311. The molecule has 0 unspecified atom stereocenters. The molecule has 1 aliphatic rings. The van der Waals surface area contributed by atoms with Gasteiger partial charge in [-0.05, 0) is 54.4 Å². The minimum Gasteiger partial charge on any atom is -0.459 e. The monoisotopic (exact) mass is 357 g/mol. The Labute approximate surface area is 155 Å². The van der Waals surface area contributed by atoms with E-state index in [2.05, 4.69) is 5.32 Å². The van der Waals surface area contributed by atoms with Crippen molar-refractivity contribution in [2.75, 3.05) is 16.8 Å². The average Bonchev–Trinajstić information content (AvgIpc) is 3.37. The van der Waals surface area contributed by atoms with E-state index in [1.165, 1.54) is 12.3 Å². The molecule has 0 aliphatic carbocycles. The van der Waals surface area contributed by atoms with Gasteiger partial charge in [-0.1, -0.05) is 12.1 Å². The largest absolute Gasteiger partial charge is 0.459 e. The lowest BCUT2D eigenvalue weighted by atomic mass is 10.1. The van der Waals surface area contributed by atoms with Crippen molar-refractivity contribution in [2.45, 2.75) is 6.42 Å². The van der Waals surface area contributed by atoms with Crippen LogP contribution in [0.1, 0.15) is 32.0 Å². The standard InChI is InChI=1S/C21H15N3O3/c22-13-14-3-1-4-16(11-14)20(25)23-17-7-6-15-8-9-24(18(15)12-17)21(26)19-5-2-10-27-19/h1-7,10-12H,8-9H2,(H,23,25). The molecule has 1 aromatic heterocycles. The molecule has 0 saturated carbocycles. The number of rotatable bonds is 3. The second-order valence-electron chi connectivity index (χ2n) is 6.17. The van der Waals surface area contributed by atoms with Gasteiger partial charge in [0.1, 0.15) is 0 Å². The summed E-state index contributed by atoms with van der Waals surface area (Å²) in [4.78, 5) is 26.7. The van der Waals surface area contributed by atoms with Crippen LogP contribution in [0.2, 0.25) is 0 Å². The molecule has 4 rings (SSSR count). The number of anilines is 2. The molecule has 0 saturated heterocycles. The van der Waals surface area contributed by atoms with Gasteiger partial charge in [-0.25, -0.2) is 0 Å². The van der Waals surface area contributed by atoms with Crippen molar-refractivity contribution in [2.24, 2.45) is 0 Å². The highest BCUT2D eigenvalue weighted by Crippen LogP contribution is 2.32. The van der Waals surface area contributed by atoms with Gasteiger partial charge in [-0.15, -0.1) is 0 Å². The molecule has 2 heterocycles. The van der Waals surface area contributed by atoms with Crippen molar-refractivity contribution in [1.82, 2.24) is 0 Å². The van der Waals surface area contributed by atoms with E-state index in [0.29, 0.717) is 23.4 Å². The Morgan fingerprint density at radius 2 is 2.00 bits per heavy atom. The molecule has 6 nitrogen and oxygen atoms in total. The Bertz CT molecular complexity index is 1060. The van der Waals surface area contributed by atoms with E-state index in [0.717, 1.165) is 17.7 Å². The normalized spacial score (nSPS) is 12.3. The quantitative estimate of drug-likeness (QED) is 0.776. The summed E-state index contributed by atoms with van der Waals surface area (Å²) in [6, 6.07) is 17.3. The van der Waals surface area contributed by atoms with Crippen LogP contribution < -0.4 is 10.2 Å². The summed E-state index contributed by atoms with van der Waals surface area (Å²) in [6.45, 7) is 0.566. The molecular weight excluding hydrogens is 342 g/mol. The number of fused-ring (bicyclic) bond motifs is 1. The molecule has 2 amide bonds. The van der Waals surface area contributed by atoms with Gasteiger partial charge in [0.15, 0.2) is 5.76 Å². The number of amides is 2. The van der Waals surface area contributed by atoms with Crippen LogP contribution in [-0.2, 0) is 6.42 Å². The summed E-state index contributed by atoms with van der Waals surface area (Å²) in [7, 11) is 0. The van der Waals surface area contributed by atoms with Crippen molar-refractivity contribution >= 4 is 23.2 Å². The fraction of sp³-hybridized carbons (Fsp3) is 0.0952. The van der Waals surface area contributed by atoms with Crippen molar-refractivity contribution in [3.05, 3.63) is 83.3 Å². The SMILES string of the molecule is N#Cc1cccc(C(=O)Nc2ccc3c(c2)N(C(=O)c2ccco2)CC3)c1. The van der Waals surface area contributed by atoms with Gasteiger partial charge in [0.25, 0.3) is 11.8 Å². The highest BCUT2D eigenvalue weighted by molar-refractivity contribution is 6.07. The number of benzene rings is 2. The van der Waals surface area contributed by atoms with Gasteiger partial charge in [0, 0.05) is 23.5 Å². The maximum atomic E-state index is 12.6. The number of hydrogen-bond donors (Lipinski definition) is 1. The third-order valence-corrected chi connectivity index (χ3v) is 4.47. The van der Waals surface area contributed by atoms with E-state index in [9.17, 15) is 9.59 Å². The molecule has 27 heavy (non-hydrogen) atoms. The van der Waals surface area contributed by atoms with Gasteiger partial charge < -0.3 is 14.6 Å². The lowest BCUT2D eigenvalue weighted by Gasteiger charge is -2.17. The van der Waals surface area contributed by atoms with Crippen LogP contribution in [0.3, 0.4) is 0 Å². The molecule has 1 N–H and O–H groups in total. The number of carbonyl (C=O) groups is 2. The van der Waals surface area contributed by atoms with Crippen LogP contribution in [0.15, 0.2) is 65.3 Å². The first-order chi connectivity index (χ1) is 13.2. The first-order valence-electron chi connectivity index (χ1n) is 8.45. The van der Waals surface area contributed by atoms with E-state index >= 15 is 0 Å². The molecule has 0 spiro atoms. The lowest BCUT2D eigenvalue weighted by molar-refractivity contribution is 0.0962. The van der Waals surface area contributed by atoms with E-state index in [1.54, 1.807) is 41.3 Å². The van der Waals surface area contributed by atoms with Crippen LogP contribution in [0, 0.1) is 11.3 Å². The zero-order valence-electron chi connectivity index (χ0n) is 14.3. The van der Waals surface area contributed by atoms with Gasteiger partial charge in [-0.2, -0.15) is 5.26 Å². The van der Waals surface area contributed by atoms with Crippen molar-refractivity contribution in [3.8, 4) is 6.07 Å². The van der Waals surface area contributed by atoms with Crippen LogP contribution >= 0.6 is 0 Å². The van der Waals surface area contributed by atoms with Gasteiger partial charge in [-0.3, -0.25) is 9.59 Å². The van der Waals surface area contributed by atoms with Gasteiger partial charge in [0.05, 0.1) is 17.9 Å². The smallest absolute Gasteiger partial charge is 0.293 e. The molecule has 132 valence electrons. The molecule has 6 heteroatoms. The van der Waals surface area contributed by atoms with Crippen molar-refractivity contribution in [1.29, 1.82) is 5.26 Å². The third kappa shape index (κ3) is 3.18. The molecule has 0 fully saturated rings. The highest BCUT2D eigenvalue weighted by Gasteiger charge is 2.27. The van der Waals surface area contributed by atoms with Crippen LogP contribution in [-0.4, -0.2) is 18.4 Å². The molecular formula is C21H15N3O3. The molecule has 2 aromatic carbocycles. The van der Waals surface area contributed by atoms with Crippen molar-refractivity contribution in [3.63, 3.8) is 0 Å². The first kappa shape index (κ1) is 16.6. The Hall–Kier alpha value is -3.85. The number of furan rings is 1. The highest BCUT2D eigenvalue weighted by atomic mass is 16.3. The third-order valence-electron chi connectivity index (χ3n) is 4.47. The molecule has 3 aromatic rings. The van der Waals surface area contributed by atoms with Crippen LogP contribution in [0.4, 0.5) is 11.4 Å². The van der Waals surface area contributed by atoms with Crippen LogP contribution in [0.5, 0.6) is 0 Å². The predicted molar refractivity (Wildman–Crippen MR) is 99.6 cm³/mol. The zero-order valence-corrected chi connectivity index (χ0v) is 14.3. The van der Waals surface area contributed by atoms with E-state index in [-0.39, 0.29) is 17.6 Å². The first-order valence-corrected chi connectivity index (χ1v) is 8.45. The molecule has 1 aliphatic heterocycles. The molecule has 0 radical (unpaired) electrons. The maximum Gasteiger partial charge on any atom is 0.293 e. The molecule has 0 atom stereocenters. The molecule has 0 bridgehead atoms. The average molecular weight is 357 g/mol. The Balaban J connectivity index is 1.57. The van der Waals surface area contributed by atoms with E-state index in [1.807, 2.05) is 18.2 Å². The predicted octanol–water partition coefficient (Wildman–Crippen LogP) is 3.61. The van der Waals surface area contributed by atoms with E-state index in [4.69, 9.17) is 9.68 Å². The summed E-state index contributed by atoms with van der Waals surface area (Å²) in [5, 5.41) is 11.8. The maximum absolute atomic E-state index is 12.6. The number of carbonyl (C=O) groups excluding carboxylic acids is 2. The summed E-state index contributed by atoms with van der Waals surface area (Å²) >= 11 is 0. The summed E-state index contributed by atoms with van der Waals surface area (Å²) in [6.07, 6.45) is 2.22. The lowest BCUT2D eigenvalue weighted by Crippen LogP contribution is -2.28. The second-order valence-corrected chi connectivity index (χ2v) is 6.17. The summed E-state index contributed by atoms with van der Waals surface area (Å²) in [5.41, 5.74) is 3.21.